The fourth-order valence-electron chi connectivity index (χ4n) is 2.03. The average Bonchev–Trinajstić information content (AvgIpc) is 2.81. The van der Waals surface area contributed by atoms with E-state index < -0.39 is 0 Å². The Morgan fingerprint density at radius 3 is 3.06 bits per heavy atom. The summed E-state index contributed by atoms with van der Waals surface area (Å²) < 4.78 is 5.89. The first kappa shape index (κ1) is 11.2. The third-order valence-electron chi connectivity index (χ3n) is 2.97. The molecule has 1 aliphatic heterocycles. The van der Waals surface area contributed by atoms with Crippen molar-refractivity contribution in [1.29, 1.82) is 0 Å². The predicted molar refractivity (Wildman–Crippen MR) is 66.8 cm³/mol. The SMILES string of the molecule is C=CCc1ccccc1OC[C@H]1CCNC1. The van der Waals surface area contributed by atoms with Gasteiger partial charge >= 0.3 is 0 Å². The second-order valence-electron chi connectivity index (χ2n) is 4.27. The number of benzene rings is 1. The van der Waals surface area contributed by atoms with Gasteiger partial charge < -0.3 is 10.1 Å². The Kier molecular flexibility index (Phi) is 4.00. The van der Waals surface area contributed by atoms with E-state index in [2.05, 4.69) is 18.0 Å². The van der Waals surface area contributed by atoms with Gasteiger partial charge in [-0.25, -0.2) is 0 Å². The van der Waals surface area contributed by atoms with E-state index in [0.29, 0.717) is 5.92 Å². The molecule has 1 N–H and O–H groups in total. The summed E-state index contributed by atoms with van der Waals surface area (Å²) in [6.45, 7) is 6.80. The molecule has 1 atom stereocenters. The topological polar surface area (TPSA) is 21.3 Å². The van der Waals surface area contributed by atoms with E-state index in [-0.39, 0.29) is 0 Å². The molecule has 0 aliphatic carbocycles. The molecular formula is C14H19NO. The minimum absolute atomic E-state index is 0.664. The lowest BCUT2D eigenvalue weighted by Crippen LogP contribution is -2.15. The lowest BCUT2D eigenvalue weighted by Gasteiger charge is -2.13. The van der Waals surface area contributed by atoms with E-state index in [9.17, 15) is 0 Å². The van der Waals surface area contributed by atoms with Crippen LogP contribution in [0.4, 0.5) is 0 Å². The molecule has 1 fully saturated rings. The molecule has 2 heteroatoms. The minimum atomic E-state index is 0.664. The molecule has 16 heavy (non-hydrogen) atoms. The lowest BCUT2D eigenvalue weighted by atomic mass is 10.1. The first-order valence-electron chi connectivity index (χ1n) is 5.92. The lowest BCUT2D eigenvalue weighted by molar-refractivity contribution is 0.258. The van der Waals surface area contributed by atoms with Crippen molar-refractivity contribution < 1.29 is 4.74 Å². The van der Waals surface area contributed by atoms with E-state index in [1.54, 1.807) is 0 Å². The van der Waals surface area contributed by atoms with Gasteiger partial charge in [-0.3, -0.25) is 0 Å². The molecule has 2 nitrogen and oxygen atoms in total. The second kappa shape index (κ2) is 5.71. The van der Waals surface area contributed by atoms with Crippen LogP contribution in [0.3, 0.4) is 0 Å². The van der Waals surface area contributed by atoms with Crippen LogP contribution >= 0.6 is 0 Å². The molecule has 0 amide bonds. The highest BCUT2D eigenvalue weighted by atomic mass is 16.5. The number of hydrogen-bond acceptors (Lipinski definition) is 2. The predicted octanol–water partition coefficient (Wildman–Crippen LogP) is 2.40. The van der Waals surface area contributed by atoms with Crippen molar-refractivity contribution in [2.24, 2.45) is 5.92 Å². The number of nitrogens with one attached hydrogen (secondary N) is 1. The van der Waals surface area contributed by atoms with Gasteiger partial charge in [0.25, 0.3) is 0 Å². The van der Waals surface area contributed by atoms with Gasteiger partial charge in [-0.05, 0) is 31.0 Å². The van der Waals surface area contributed by atoms with Crippen LogP contribution in [0, 0.1) is 5.92 Å². The van der Waals surface area contributed by atoms with Gasteiger partial charge in [0, 0.05) is 12.5 Å². The molecular weight excluding hydrogens is 198 g/mol. The Balaban J connectivity index is 1.94. The van der Waals surface area contributed by atoms with Gasteiger partial charge in [0.15, 0.2) is 0 Å². The first-order chi connectivity index (χ1) is 7.90. The summed E-state index contributed by atoms with van der Waals surface area (Å²) in [5.74, 6) is 1.67. The monoisotopic (exact) mass is 217 g/mol. The van der Waals surface area contributed by atoms with Crippen LogP contribution in [0.2, 0.25) is 0 Å². The normalized spacial score (nSPS) is 19.6. The van der Waals surface area contributed by atoms with E-state index in [0.717, 1.165) is 31.9 Å². The number of ether oxygens (including phenoxy) is 1. The average molecular weight is 217 g/mol. The zero-order chi connectivity index (χ0) is 11.2. The fourth-order valence-corrected chi connectivity index (χ4v) is 2.03. The van der Waals surface area contributed by atoms with Crippen molar-refractivity contribution in [3.05, 3.63) is 42.5 Å². The molecule has 86 valence electrons. The van der Waals surface area contributed by atoms with E-state index in [4.69, 9.17) is 4.74 Å². The Morgan fingerprint density at radius 2 is 2.31 bits per heavy atom. The van der Waals surface area contributed by atoms with Crippen molar-refractivity contribution in [1.82, 2.24) is 5.32 Å². The molecule has 0 spiro atoms. The molecule has 0 bridgehead atoms. The zero-order valence-corrected chi connectivity index (χ0v) is 9.61. The van der Waals surface area contributed by atoms with Crippen molar-refractivity contribution in [3.63, 3.8) is 0 Å². The molecule has 1 aromatic rings. The maximum absolute atomic E-state index is 5.89. The van der Waals surface area contributed by atoms with Crippen molar-refractivity contribution in [2.45, 2.75) is 12.8 Å². The molecule has 0 radical (unpaired) electrons. The molecule has 2 rings (SSSR count). The minimum Gasteiger partial charge on any atom is -0.493 e. The second-order valence-corrected chi connectivity index (χ2v) is 4.27. The van der Waals surface area contributed by atoms with Gasteiger partial charge in [-0.15, -0.1) is 6.58 Å². The summed E-state index contributed by atoms with van der Waals surface area (Å²) in [6, 6.07) is 8.21. The highest BCUT2D eigenvalue weighted by Crippen LogP contribution is 2.20. The molecule has 1 aliphatic rings. The van der Waals surface area contributed by atoms with Gasteiger partial charge in [0.1, 0.15) is 5.75 Å². The zero-order valence-electron chi connectivity index (χ0n) is 9.61. The van der Waals surface area contributed by atoms with Crippen LogP contribution in [-0.4, -0.2) is 19.7 Å². The number of hydrogen-bond donors (Lipinski definition) is 1. The molecule has 0 aromatic heterocycles. The highest BCUT2D eigenvalue weighted by molar-refractivity contribution is 5.34. The van der Waals surface area contributed by atoms with Crippen LogP contribution in [0.25, 0.3) is 0 Å². The standard InChI is InChI=1S/C14H19NO/c1-2-5-13-6-3-4-7-14(13)16-11-12-8-9-15-10-12/h2-4,6-7,12,15H,1,5,8-11H2/t12-/m0/s1. The number of allylic oxidation sites excluding steroid dienone is 1. The Labute approximate surface area is 97.3 Å². The van der Waals surface area contributed by atoms with Gasteiger partial charge in [-0.2, -0.15) is 0 Å². The van der Waals surface area contributed by atoms with Crippen molar-refractivity contribution in [3.8, 4) is 5.75 Å². The summed E-state index contributed by atoms with van der Waals surface area (Å²) >= 11 is 0. The van der Waals surface area contributed by atoms with Gasteiger partial charge in [0.2, 0.25) is 0 Å². The van der Waals surface area contributed by atoms with E-state index >= 15 is 0 Å². The first-order valence-corrected chi connectivity index (χ1v) is 5.92. The summed E-state index contributed by atoms with van der Waals surface area (Å²) in [5.41, 5.74) is 1.23. The molecule has 1 heterocycles. The molecule has 1 aromatic carbocycles. The van der Waals surface area contributed by atoms with Gasteiger partial charge in [-0.1, -0.05) is 24.3 Å². The summed E-state index contributed by atoms with van der Waals surface area (Å²) in [5, 5.41) is 3.35. The van der Waals surface area contributed by atoms with Crippen molar-refractivity contribution >= 4 is 0 Å². The Hall–Kier alpha value is -1.28. The fraction of sp³-hybridized carbons (Fsp3) is 0.429. The third kappa shape index (κ3) is 2.86. The van der Waals surface area contributed by atoms with Gasteiger partial charge in [0.05, 0.1) is 6.61 Å². The quantitative estimate of drug-likeness (QED) is 0.765. The highest BCUT2D eigenvalue weighted by Gasteiger charge is 2.15. The Bertz CT molecular complexity index is 342. The van der Waals surface area contributed by atoms with E-state index in [1.807, 2.05) is 24.3 Å². The smallest absolute Gasteiger partial charge is 0.122 e. The maximum atomic E-state index is 5.89. The number of rotatable bonds is 5. The summed E-state index contributed by atoms with van der Waals surface area (Å²) in [6.07, 6.45) is 4.02. The third-order valence-corrected chi connectivity index (χ3v) is 2.97. The van der Waals surface area contributed by atoms with Crippen LogP contribution < -0.4 is 10.1 Å². The molecule has 1 saturated heterocycles. The summed E-state index contributed by atoms with van der Waals surface area (Å²) in [4.78, 5) is 0. The van der Waals surface area contributed by atoms with Crippen molar-refractivity contribution in [2.75, 3.05) is 19.7 Å². The Morgan fingerprint density at radius 1 is 1.44 bits per heavy atom. The maximum Gasteiger partial charge on any atom is 0.122 e. The largest absolute Gasteiger partial charge is 0.493 e. The van der Waals surface area contributed by atoms with Crippen LogP contribution in [-0.2, 0) is 6.42 Å². The van der Waals surface area contributed by atoms with Crippen LogP contribution in [0.15, 0.2) is 36.9 Å². The van der Waals surface area contributed by atoms with E-state index in [1.165, 1.54) is 12.0 Å². The molecule has 0 unspecified atom stereocenters. The molecule has 0 saturated carbocycles. The summed E-state index contributed by atoms with van der Waals surface area (Å²) in [7, 11) is 0. The number of para-hydroxylation sites is 1. The van der Waals surface area contributed by atoms with Crippen LogP contribution in [0.5, 0.6) is 5.75 Å². The van der Waals surface area contributed by atoms with Crippen LogP contribution in [0.1, 0.15) is 12.0 Å².